The van der Waals surface area contributed by atoms with Crippen molar-refractivity contribution >= 4 is 15.2 Å². The third kappa shape index (κ3) is 7.16. The van der Waals surface area contributed by atoms with Crippen molar-refractivity contribution in [1.82, 2.24) is 0 Å². The van der Waals surface area contributed by atoms with Crippen molar-refractivity contribution in [2.24, 2.45) is 0 Å². The molecule has 0 saturated carbocycles. The minimum Gasteiger partial charge on any atom is -0.308 e. The molecule has 0 unspecified atom stereocenters. The van der Waals surface area contributed by atoms with Gasteiger partial charge in [-0.05, 0) is 45.9 Å². The Labute approximate surface area is 160 Å². The summed E-state index contributed by atoms with van der Waals surface area (Å²) in [6.45, 7) is 7.04. The normalized spacial score (nSPS) is 12.1. The van der Waals surface area contributed by atoms with E-state index >= 15 is 0 Å². The third-order valence-electron chi connectivity index (χ3n) is 3.31. The van der Waals surface area contributed by atoms with E-state index in [1.807, 2.05) is 0 Å². The Kier molecular flexibility index (Phi) is 10.5. The van der Waals surface area contributed by atoms with Crippen LogP contribution in [0, 0.1) is 17.7 Å². The summed E-state index contributed by atoms with van der Waals surface area (Å²) in [7, 11) is -7.66. The monoisotopic (exact) mass is 420 g/mol. The van der Waals surface area contributed by atoms with Gasteiger partial charge < -0.3 is 18.1 Å². The molecule has 0 aliphatic carbocycles. The van der Waals surface area contributed by atoms with Crippen LogP contribution in [0.2, 0.25) is 0 Å². The van der Waals surface area contributed by atoms with Crippen LogP contribution in [0.4, 0.5) is 4.39 Å². The van der Waals surface area contributed by atoms with Gasteiger partial charge in [0.25, 0.3) is 0 Å². The van der Waals surface area contributed by atoms with Crippen molar-refractivity contribution < 1.29 is 31.6 Å². The minimum atomic E-state index is -3.83. The van der Waals surface area contributed by atoms with Crippen LogP contribution in [0.3, 0.4) is 0 Å². The van der Waals surface area contributed by atoms with Crippen molar-refractivity contribution in [3.05, 3.63) is 35.6 Å². The summed E-state index contributed by atoms with van der Waals surface area (Å²) in [6, 6.07) is 5.76. The molecule has 152 valence electrons. The Balaban J connectivity index is 3.28. The van der Waals surface area contributed by atoms with Gasteiger partial charge in [0.1, 0.15) is 5.82 Å². The Morgan fingerprint density at radius 1 is 0.926 bits per heavy atom. The molecular weight excluding hydrogens is 393 g/mol. The molecule has 1 aromatic carbocycles. The van der Waals surface area contributed by atoms with Crippen molar-refractivity contribution in [1.29, 1.82) is 0 Å². The topological polar surface area (TPSA) is 71.1 Å². The zero-order chi connectivity index (χ0) is 20.3. The Hall–Kier alpha value is -0.990. The number of hydrogen-bond donors (Lipinski definition) is 0. The van der Waals surface area contributed by atoms with Crippen LogP contribution in [0.5, 0.6) is 0 Å². The first-order valence-electron chi connectivity index (χ1n) is 8.87. The summed E-state index contributed by atoms with van der Waals surface area (Å²) in [5.74, 6) is 5.15. The van der Waals surface area contributed by atoms with Gasteiger partial charge in [0, 0.05) is 12.0 Å². The molecule has 0 aliphatic rings. The van der Waals surface area contributed by atoms with E-state index in [9.17, 15) is 13.5 Å². The first kappa shape index (κ1) is 24.0. The molecule has 27 heavy (non-hydrogen) atoms. The molecule has 6 nitrogen and oxygen atoms in total. The molecule has 0 bridgehead atoms. The van der Waals surface area contributed by atoms with Crippen molar-refractivity contribution in [2.45, 2.75) is 39.5 Å². The van der Waals surface area contributed by atoms with Crippen molar-refractivity contribution in [2.75, 3.05) is 26.4 Å². The average Bonchev–Trinajstić information content (AvgIpc) is 2.59. The molecule has 0 N–H and O–H groups in total. The van der Waals surface area contributed by atoms with Crippen LogP contribution in [0.15, 0.2) is 24.3 Å². The summed E-state index contributed by atoms with van der Waals surface area (Å²) in [5, 5.41) is -1.20. The predicted octanol–water partition coefficient (Wildman–Crippen LogP) is 5.43. The second-order valence-electron chi connectivity index (χ2n) is 5.25. The zero-order valence-corrected chi connectivity index (χ0v) is 17.9. The maximum Gasteiger partial charge on any atom is 0.346 e. The maximum atomic E-state index is 13.3. The van der Waals surface area contributed by atoms with E-state index < -0.39 is 26.4 Å². The summed E-state index contributed by atoms with van der Waals surface area (Å²) in [4.78, 5) is 0. The molecule has 0 radical (unpaired) electrons. The fourth-order valence-corrected chi connectivity index (χ4v) is 7.44. The fourth-order valence-electron chi connectivity index (χ4n) is 2.35. The highest BCUT2D eigenvalue weighted by molar-refractivity contribution is 7.72. The molecular formula is C18H27FO6P2. The van der Waals surface area contributed by atoms with Gasteiger partial charge in [0.15, 0.2) is 5.40 Å². The summed E-state index contributed by atoms with van der Waals surface area (Å²) >= 11 is 0. The molecule has 0 saturated heterocycles. The van der Waals surface area contributed by atoms with Gasteiger partial charge in [-0.3, -0.25) is 9.13 Å². The van der Waals surface area contributed by atoms with E-state index in [1.165, 1.54) is 18.2 Å². The van der Waals surface area contributed by atoms with E-state index in [0.717, 1.165) is 0 Å². The molecule has 9 heteroatoms. The summed E-state index contributed by atoms with van der Waals surface area (Å²) in [5.41, 5.74) is 0.444. The number of halogens is 1. The largest absolute Gasteiger partial charge is 0.346 e. The quantitative estimate of drug-likeness (QED) is 0.351. The van der Waals surface area contributed by atoms with Gasteiger partial charge in [-0.25, -0.2) is 4.39 Å². The molecule has 1 aromatic rings. The lowest BCUT2D eigenvalue weighted by atomic mass is 10.2. The van der Waals surface area contributed by atoms with Crippen molar-refractivity contribution in [3.8, 4) is 11.8 Å². The highest BCUT2D eigenvalue weighted by Gasteiger charge is 2.50. The van der Waals surface area contributed by atoms with Gasteiger partial charge in [0.05, 0.1) is 26.4 Å². The fraction of sp³-hybridized carbons (Fsp3) is 0.556. The molecule has 0 atom stereocenters. The molecule has 0 fully saturated rings. The Morgan fingerprint density at radius 2 is 1.41 bits per heavy atom. The molecule has 0 amide bonds. The van der Waals surface area contributed by atoms with Crippen molar-refractivity contribution in [3.63, 3.8) is 0 Å². The second kappa shape index (κ2) is 11.8. The summed E-state index contributed by atoms with van der Waals surface area (Å²) < 4.78 is 61.4. The standard InChI is InChI=1S/C18H27FO6P2/c1-5-22-26(20,23-6-2)18(27(21,24-7-3)25-8-4)14-10-12-16-11-9-13-17(19)15-16/h9,11,13,15,18H,5-8,14H2,1-4H3. The lowest BCUT2D eigenvalue weighted by Crippen LogP contribution is -2.17. The number of rotatable bonds is 11. The SMILES string of the molecule is CCOP(=O)(OCC)C(CC#Cc1cccc(F)c1)P(=O)(OCC)OCC. The van der Waals surface area contributed by atoms with E-state index in [2.05, 4.69) is 11.8 Å². The first-order chi connectivity index (χ1) is 12.8. The molecule has 0 aliphatic heterocycles. The van der Waals surface area contributed by atoms with E-state index in [1.54, 1.807) is 33.8 Å². The average molecular weight is 420 g/mol. The molecule has 0 aromatic heterocycles. The van der Waals surface area contributed by atoms with E-state index in [-0.39, 0.29) is 32.8 Å². The highest BCUT2D eigenvalue weighted by Crippen LogP contribution is 2.71. The van der Waals surface area contributed by atoms with Crippen LogP contribution in [0.25, 0.3) is 0 Å². The van der Waals surface area contributed by atoms with E-state index in [4.69, 9.17) is 18.1 Å². The van der Waals surface area contributed by atoms with Crippen LogP contribution in [-0.2, 0) is 27.2 Å². The lowest BCUT2D eigenvalue weighted by molar-refractivity contribution is 0.195. The smallest absolute Gasteiger partial charge is 0.308 e. The molecule has 0 heterocycles. The Morgan fingerprint density at radius 3 is 1.81 bits per heavy atom. The highest BCUT2D eigenvalue weighted by atomic mass is 31.2. The van der Waals surface area contributed by atoms with Crippen LogP contribution in [-0.4, -0.2) is 31.8 Å². The maximum absolute atomic E-state index is 13.3. The molecule has 1 rings (SSSR count). The third-order valence-corrected chi connectivity index (χ3v) is 9.30. The lowest BCUT2D eigenvalue weighted by Gasteiger charge is -2.30. The number of benzene rings is 1. The van der Waals surface area contributed by atoms with Gasteiger partial charge >= 0.3 is 15.2 Å². The van der Waals surface area contributed by atoms with Gasteiger partial charge in [-0.1, -0.05) is 17.9 Å². The minimum absolute atomic E-state index is 0.101. The second-order valence-corrected chi connectivity index (χ2v) is 10.1. The Bertz CT molecular complexity index is 693. The number of hydrogen-bond acceptors (Lipinski definition) is 6. The first-order valence-corrected chi connectivity index (χ1v) is 12.1. The van der Waals surface area contributed by atoms with Gasteiger partial charge in [-0.2, -0.15) is 0 Å². The zero-order valence-electron chi connectivity index (χ0n) is 16.1. The van der Waals surface area contributed by atoms with Crippen LogP contribution >= 0.6 is 15.2 Å². The van der Waals surface area contributed by atoms with Gasteiger partial charge in [-0.15, -0.1) is 0 Å². The van der Waals surface area contributed by atoms with Crippen LogP contribution in [0.1, 0.15) is 39.7 Å². The molecule has 0 spiro atoms. The predicted molar refractivity (Wildman–Crippen MR) is 103 cm³/mol. The summed E-state index contributed by atoms with van der Waals surface area (Å²) in [6.07, 6.45) is -0.120. The van der Waals surface area contributed by atoms with Gasteiger partial charge in [0.2, 0.25) is 0 Å². The van der Waals surface area contributed by atoms with Crippen LogP contribution < -0.4 is 0 Å². The van der Waals surface area contributed by atoms with E-state index in [0.29, 0.717) is 5.56 Å².